The summed E-state index contributed by atoms with van der Waals surface area (Å²) in [6.45, 7) is 0. The molecule has 0 atom stereocenters. The molecule has 0 spiro atoms. The number of rotatable bonds is 2. The summed E-state index contributed by atoms with van der Waals surface area (Å²) in [7, 11) is 0. The SMILES string of the molecule is Nc1cc(O)c(NC(=O)c2ccccc2Cl)cc1Cl. The molecule has 4 N–H and O–H groups in total. The number of phenolic OH excluding ortho intramolecular Hbond substituents is 1. The predicted octanol–water partition coefficient (Wildman–Crippen LogP) is 3.53. The van der Waals surface area contributed by atoms with E-state index in [1.54, 1.807) is 24.3 Å². The lowest BCUT2D eigenvalue weighted by atomic mass is 10.2. The molecule has 19 heavy (non-hydrogen) atoms. The normalized spacial score (nSPS) is 10.2. The minimum absolute atomic E-state index is 0.165. The van der Waals surface area contributed by atoms with Gasteiger partial charge in [-0.2, -0.15) is 0 Å². The second-order valence-corrected chi connectivity index (χ2v) is 4.64. The lowest BCUT2D eigenvalue weighted by Crippen LogP contribution is -2.12. The van der Waals surface area contributed by atoms with Gasteiger partial charge in [0.2, 0.25) is 0 Å². The quantitative estimate of drug-likeness (QED) is 0.586. The van der Waals surface area contributed by atoms with Gasteiger partial charge in [-0.05, 0) is 18.2 Å². The van der Waals surface area contributed by atoms with Gasteiger partial charge in [0.05, 0.1) is 27.0 Å². The highest BCUT2D eigenvalue weighted by molar-refractivity contribution is 6.35. The number of phenols is 1. The monoisotopic (exact) mass is 296 g/mol. The number of halogens is 2. The van der Waals surface area contributed by atoms with Crippen LogP contribution in [0.4, 0.5) is 11.4 Å². The van der Waals surface area contributed by atoms with Crippen LogP contribution in [0.1, 0.15) is 10.4 Å². The average Bonchev–Trinajstić information content (AvgIpc) is 2.36. The van der Waals surface area contributed by atoms with Crippen LogP contribution in [0.25, 0.3) is 0 Å². The average molecular weight is 297 g/mol. The van der Waals surface area contributed by atoms with Crippen molar-refractivity contribution in [2.45, 2.75) is 0 Å². The topological polar surface area (TPSA) is 75.3 Å². The highest BCUT2D eigenvalue weighted by Gasteiger charge is 2.13. The van der Waals surface area contributed by atoms with Gasteiger partial charge in [0, 0.05) is 6.07 Å². The van der Waals surface area contributed by atoms with Crippen LogP contribution in [0.5, 0.6) is 5.75 Å². The van der Waals surface area contributed by atoms with Crippen LogP contribution in [-0.2, 0) is 0 Å². The van der Waals surface area contributed by atoms with Crippen LogP contribution < -0.4 is 11.1 Å². The van der Waals surface area contributed by atoms with Gasteiger partial charge in [0.25, 0.3) is 5.91 Å². The van der Waals surface area contributed by atoms with E-state index < -0.39 is 5.91 Å². The van der Waals surface area contributed by atoms with Crippen molar-refractivity contribution >= 4 is 40.5 Å². The molecule has 0 radical (unpaired) electrons. The Labute approximate surface area is 119 Å². The molecule has 1 amide bonds. The minimum atomic E-state index is -0.443. The lowest BCUT2D eigenvalue weighted by molar-refractivity contribution is 0.102. The van der Waals surface area contributed by atoms with Crippen LogP contribution in [-0.4, -0.2) is 11.0 Å². The highest BCUT2D eigenvalue weighted by Crippen LogP contribution is 2.32. The van der Waals surface area contributed by atoms with E-state index in [-0.39, 0.29) is 22.1 Å². The van der Waals surface area contributed by atoms with Crippen molar-refractivity contribution in [1.82, 2.24) is 0 Å². The second-order valence-electron chi connectivity index (χ2n) is 3.82. The van der Waals surface area contributed by atoms with E-state index in [0.29, 0.717) is 10.6 Å². The number of hydrogen-bond donors (Lipinski definition) is 3. The molecule has 0 heterocycles. The minimum Gasteiger partial charge on any atom is -0.506 e. The van der Waals surface area contributed by atoms with Gasteiger partial charge in [-0.25, -0.2) is 0 Å². The first-order valence-electron chi connectivity index (χ1n) is 5.33. The molecule has 0 aliphatic carbocycles. The Balaban J connectivity index is 2.30. The summed E-state index contributed by atoms with van der Waals surface area (Å²) in [6.07, 6.45) is 0. The van der Waals surface area contributed by atoms with E-state index in [4.69, 9.17) is 28.9 Å². The lowest BCUT2D eigenvalue weighted by Gasteiger charge is -2.10. The number of benzene rings is 2. The molecule has 0 fully saturated rings. The van der Waals surface area contributed by atoms with Crippen LogP contribution in [0.3, 0.4) is 0 Å². The molecule has 0 saturated heterocycles. The molecule has 98 valence electrons. The molecule has 4 nitrogen and oxygen atoms in total. The standard InChI is InChI=1S/C13H10Cl2N2O2/c14-8-4-2-1-3-7(8)13(19)17-11-5-9(15)10(16)6-12(11)18/h1-6,18H,16H2,(H,17,19). The smallest absolute Gasteiger partial charge is 0.257 e. The van der Waals surface area contributed by atoms with Crippen LogP contribution >= 0.6 is 23.2 Å². The van der Waals surface area contributed by atoms with Crippen molar-refractivity contribution < 1.29 is 9.90 Å². The first-order valence-corrected chi connectivity index (χ1v) is 6.08. The van der Waals surface area contributed by atoms with E-state index in [2.05, 4.69) is 5.32 Å². The maximum absolute atomic E-state index is 12.0. The molecule has 0 unspecified atom stereocenters. The number of aromatic hydroxyl groups is 1. The number of hydrogen-bond acceptors (Lipinski definition) is 3. The fourth-order valence-corrected chi connectivity index (χ4v) is 1.90. The highest BCUT2D eigenvalue weighted by atomic mass is 35.5. The van der Waals surface area contributed by atoms with Crippen molar-refractivity contribution in [3.63, 3.8) is 0 Å². The van der Waals surface area contributed by atoms with E-state index >= 15 is 0 Å². The summed E-state index contributed by atoms with van der Waals surface area (Å²) < 4.78 is 0. The Morgan fingerprint density at radius 2 is 1.84 bits per heavy atom. The number of nitrogen functional groups attached to an aromatic ring is 1. The van der Waals surface area contributed by atoms with Crippen molar-refractivity contribution in [3.05, 3.63) is 52.0 Å². The molecular formula is C13H10Cl2N2O2. The molecule has 2 aromatic carbocycles. The van der Waals surface area contributed by atoms with Crippen LogP contribution in [0, 0.1) is 0 Å². The maximum Gasteiger partial charge on any atom is 0.257 e. The number of nitrogens with one attached hydrogen (secondary N) is 1. The summed E-state index contributed by atoms with van der Waals surface area (Å²) in [6, 6.07) is 9.23. The zero-order valence-corrected chi connectivity index (χ0v) is 11.2. The summed E-state index contributed by atoms with van der Waals surface area (Å²) in [4.78, 5) is 12.0. The number of amides is 1. The molecular weight excluding hydrogens is 287 g/mol. The zero-order chi connectivity index (χ0) is 14.0. The van der Waals surface area contributed by atoms with Gasteiger partial charge in [-0.15, -0.1) is 0 Å². The molecule has 0 aliphatic rings. The first kappa shape index (κ1) is 13.5. The largest absolute Gasteiger partial charge is 0.506 e. The number of carbonyl (C=O) groups excluding carboxylic acids is 1. The molecule has 0 aromatic heterocycles. The third-order valence-electron chi connectivity index (χ3n) is 2.48. The number of nitrogens with two attached hydrogens (primary N) is 1. The Kier molecular flexibility index (Phi) is 3.83. The summed E-state index contributed by atoms with van der Waals surface area (Å²) in [5.74, 6) is -0.607. The van der Waals surface area contributed by atoms with Gasteiger partial charge in [0.1, 0.15) is 5.75 Å². The van der Waals surface area contributed by atoms with Gasteiger partial charge in [-0.1, -0.05) is 35.3 Å². The van der Waals surface area contributed by atoms with E-state index in [1.165, 1.54) is 12.1 Å². The summed E-state index contributed by atoms with van der Waals surface area (Å²) in [5, 5.41) is 12.8. The van der Waals surface area contributed by atoms with Crippen LogP contribution in [0.2, 0.25) is 10.0 Å². The zero-order valence-electron chi connectivity index (χ0n) is 9.65. The van der Waals surface area contributed by atoms with E-state index in [0.717, 1.165) is 0 Å². The molecule has 2 aromatic rings. The number of carbonyl (C=O) groups is 1. The van der Waals surface area contributed by atoms with Gasteiger partial charge >= 0.3 is 0 Å². The van der Waals surface area contributed by atoms with Crippen LogP contribution in [0.15, 0.2) is 36.4 Å². The number of anilines is 2. The molecule has 6 heteroatoms. The van der Waals surface area contributed by atoms with Crippen molar-refractivity contribution in [2.75, 3.05) is 11.1 Å². The maximum atomic E-state index is 12.0. The molecule has 0 bridgehead atoms. The molecule has 0 saturated carbocycles. The second kappa shape index (κ2) is 5.38. The fourth-order valence-electron chi connectivity index (χ4n) is 1.51. The predicted molar refractivity (Wildman–Crippen MR) is 76.9 cm³/mol. The van der Waals surface area contributed by atoms with E-state index in [9.17, 15) is 9.90 Å². The Morgan fingerprint density at radius 3 is 2.53 bits per heavy atom. The van der Waals surface area contributed by atoms with Crippen molar-refractivity contribution in [2.24, 2.45) is 0 Å². The Hall–Kier alpha value is -1.91. The van der Waals surface area contributed by atoms with E-state index in [1.807, 2.05) is 0 Å². The Bertz CT molecular complexity index is 645. The van der Waals surface area contributed by atoms with Gasteiger partial charge in [0.15, 0.2) is 0 Å². The van der Waals surface area contributed by atoms with Crippen molar-refractivity contribution in [3.8, 4) is 5.75 Å². The third-order valence-corrected chi connectivity index (χ3v) is 3.14. The fraction of sp³-hybridized carbons (Fsp3) is 0. The summed E-state index contributed by atoms with van der Waals surface area (Å²) >= 11 is 11.7. The first-order chi connectivity index (χ1) is 8.99. The van der Waals surface area contributed by atoms with Gasteiger partial charge < -0.3 is 16.2 Å². The summed E-state index contributed by atoms with van der Waals surface area (Å²) in [5.41, 5.74) is 6.23. The van der Waals surface area contributed by atoms with Crippen molar-refractivity contribution in [1.29, 1.82) is 0 Å². The molecule has 2 rings (SSSR count). The third kappa shape index (κ3) is 2.92. The molecule has 0 aliphatic heterocycles. The Morgan fingerprint density at radius 1 is 1.16 bits per heavy atom. The van der Waals surface area contributed by atoms with Gasteiger partial charge in [-0.3, -0.25) is 4.79 Å².